The van der Waals surface area contributed by atoms with Gasteiger partial charge in [-0.05, 0) is 38.8 Å². The minimum absolute atomic E-state index is 0.170. The summed E-state index contributed by atoms with van der Waals surface area (Å²) in [5.41, 5.74) is 0.574. The van der Waals surface area contributed by atoms with Gasteiger partial charge in [0.05, 0.1) is 22.5 Å². The van der Waals surface area contributed by atoms with Gasteiger partial charge in [0.25, 0.3) is 0 Å². The Kier molecular flexibility index (Phi) is 6.23. The molecule has 0 aliphatic carbocycles. The highest BCUT2D eigenvalue weighted by molar-refractivity contribution is 7.89. The van der Waals surface area contributed by atoms with Gasteiger partial charge in [-0.2, -0.15) is 0 Å². The van der Waals surface area contributed by atoms with Crippen molar-refractivity contribution in [1.82, 2.24) is 24.0 Å². The maximum Gasteiger partial charge on any atom is 0.322 e. The number of para-hydroxylation sites is 1. The summed E-state index contributed by atoms with van der Waals surface area (Å²) in [6.45, 7) is 5.93. The molecule has 1 N–H and O–H groups in total. The van der Waals surface area contributed by atoms with E-state index in [4.69, 9.17) is 11.6 Å². The summed E-state index contributed by atoms with van der Waals surface area (Å²) >= 11 is 6.13. The predicted molar refractivity (Wildman–Crippen MR) is 119 cm³/mol. The molecular formula is C20H27ClN6O3S. The molecule has 0 atom stereocenters. The lowest BCUT2D eigenvalue weighted by atomic mass is 9.97. The summed E-state index contributed by atoms with van der Waals surface area (Å²) in [5.74, 6) is 1.80. The van der Waals surface area contributed by atoms with Crippen LogP contribution in [-0.4, -0.2) is 63.3 Å². The molecule has 1 aromatic carbocycles. The van der Waals surface area contributed by atoms with Gasteiger partial charge < -0.3 is 14.8 Å². The molecule has 2 aliphatic heterocycles. The Morgan fingerprint density at radius 2 is 1.84 bits per heavy atom. The molecule has 1 fully saturated rings. The van der Waals surface area contributed by atoms with E-state index in [1.54, 1.807) is 35.2 Å². The smallest absolute Gasteiger partial charge is 0.315 e. The maximum absolute atomic E-state index is 12.7. The Morgan fingerprint density at radius 1 is 1.13 bits per heavy atom. The fourth-order valence-corrected chi connectivity index (χ4v) is 5.58. The number of fused-ring (bicyclic) bond motifs is 1. The van der Waals surface area contributed by atoms with E-state index < -0.39 is 15.3 Å². The quantitative estimate of drug-likeness (QED) is 0.746. The zero-order chi connectivity index (χ0) is 22.2. The van der Waals surface area contributed by atoms with Crippen LogP contribution in [0.4, 0.5) is 10.5 Å². The third-order valence-electron chi connectivity index (χ3n) is 5.96. The topological polar surface area (TPSA) is 100 Å². The van der Waals surface area contributed by atoms with E-state index in [9.17, 15) is 13.2 Å². The summed E-state index contributed by atoms with van der Waals surface area (Å²) in [5, 5.41) is 11.6. The van der Waals surface area contributed by atoms with Gasteiger partial charge in [0.2, 0.25) is 10.0 Å². The molecule has 1 saturated heterocycles. The second kappa shape index (κ2) is 8.76. The zero-order valence-electron chi connectivity index (χ0n) is 17.7. The first-order valence-electron chi connectivity index (χ1n) is 10.5. The Balaban J connectivity index is 1.40. The lowest BCUT2D eigenvalue weighted by Crippen LogP contribution is -2.43. The van der Waals surface area contributed by atoms with E-state index in [-0.39, 0.29) is 11.9 Å². The van der Waals surface area contributed by atoms with E-state index in [1.807, 2.05) is 12.1 Å². The molecule has 2 aromatic rings. The van der Waals surface area contributed by atoms with Crippen molar-refractivity contribution in [2.75, 3.05) is 25.0 Å². The van der Waals surface area contributed by atoms with Gasteiger partial charge in [-0.3, -0.25) is 0 Å². The minimum Gasteiger partial charge on any atom is -0.315 e. The molecule has 0 radical (unpaired) electrons. The number of carbonyl (C=O) groups is 1. The van der Waals surface area contributed by atoms with Crippen molar-refractivity contribution in [3.63, 3.8) is 0 Å². The van der Waals surface area contributed by atoms with E-state index >= 15 is 0 Å². The van der Waals surface area contributed by atoms with Gasteiger partial charge in [-0.1, -0.05) is 23.7 Å². The van der Waals surface area contributed by atoms with E-state index in [1.165, 1.54) is 0 Å². The Labute approximate surface area is 187 Å². The second-order valence-corrected chi connectivity index (χ2v) is 11.1. The van der Waals surface area contributed by atoms with Crippen molar-refractivity contribution >= 4 is 33.3 Å². The van der Waals surface area contributed by atoms with Crippen LogP contribution in [0.5, 0.6) is 0 Å². The molecule has 0 saturated carbocycles. The number of rotatable bonds is 4. The first-order valence-corrected chi connectivity index (χ1v) is 12.4. The van der Waals surface area contributed by atoms with Crippen LogP contribution in [0.1, 0.15) is 44.3 Å². The van der Waals surface area contributed by atoms with E-state index in [0.717, 1.165) is 24.5 Å². The number of hydrogen-bond donors (Lipinski definition) is 1. The van der Waals surface area contributed by atoms with Crippen LogP contribution in [0.2, 0.25) is 5.02 Å². The van der Waals surface area contributed by atoms with E-state index in [0.29, 0.717) is 43.4 Å². The third kappa shape index (κ3) is 4.42. The fourth-order valence-electron chi connectivity index (χ4n) is 4.08. The number of nitrogens with zero attached hydrogens (tertiary/aromatic N) is 5. The number of piperidine rings is 1. The number of urea groups is 1. The summed E-state index contributed by atoms with van der Waals surface area (Å²) in [4.78, 5) is 14.3. The minimum atomic E-state index is -3.23. The fraction of sp³-hybridized carbons (Fsp3) is 0.550. The number of halogens is 1. The first kappa shape index (κ1) is 22.0. The van der Waals surface area contributed by atoms with Crippen LogP contribution in [0.3, 0.4) is 0 Å². The van der Waals surface area contributed by atoms with Crippen LogP contribution >= 0.6 is 11.6 Å². The second-order valence-electron chi connectivity index (χ2n) is 8.22. The maximum atomic E-state index is 12.7. The Morgan fingerprint density at radius 3 is 2.52 bits per heavy atom. The van der Waals surface area contributed by atoms with Crippen molar-refractivity contribution < 1.29 is 13.2 Å². The molecule has 2 amide bonds. The summed E-state index contributed by atoms with van der Waals surface area (Å²) < 4.78 is 28.5. The summed E-state index contributed by atoms with van der Waals surface area (Å²) in [6.07, 6.45) is 1.45. The SMILES string of the molecule is CC(C)S(=O)(=O)N1CCC(c2nnc3n2CCN(C(=O)Nc2ccccc2Cl)C3)CC1. The molecule has 31 heavy (non-hydrogen) atoms. The lowest BCUT2D eigenvalue weighted by molar-refractivity contribution is 0.194. The molecule has 0 bridgehead atoms. The lowest BCUT2D eigenvalue weighted by Gasteiger charge is -2.33. The average Bonchev–Trinajstić information content (AvgIpc) is 3.18. The van der Waals surface area contributed by atoms with Crippen LogP contribution < -0.4 is 5.32 Å². The average molecular weight is 467 g/mol. The van der Waals surface area contributed by atoms with Gasteiger partial charge in [0.15, 0.2) is 5.82 Å². The van der Waals surface area contributed by atoms with Gasteiger partial charge in [0, 0.05) is 32.1 Å². The molecule has 1 aromatic heterocycles. The Bertz CT molecular complexity index is 1060. The highest BCUT2D eigenvalue weighted by Crippen LogP contribution is 2.30. The summed E-state index contributed by atoms with van der Waals surface area (Å²) in [6, 6.07) is 6.89. The molecule has 11 heteroatoms. The van der Waals surface area contributed by atoms with Crippen molar-refractivity contribution in [2.45, 2.75) is 50.9 Å². The highest BCUT2D eigenvalue weighted by Gasteiger charge is 2.34. The van der Waals surface area contributed by atoms with E-state index in [2.05, 4.69) is 20.1 Å². The largest absolute Gasteiger partial charge is 0.322 e. The van der Waals surface area contributed by atoms with Gasteiger partial charge in [-0.25, -0.2) is 17.5 Å². The normalized spacial score (nSPS) is 18.3. The molecule has 4 rings (SSSR count). The van der Waals surface area contributed by atoms with Crippen molar-refractivity contribution in [3.8, 4) is 0 Å². The number of anilines is 1. The standard InChI is InChI=1S/C20H27ClN6O3S/c1-14(2)31(29,30)26-9-7-15(8-10-26)19-24-23-18-13-25(11-12-27(18)19)20(28)22-17-6-4-3-5-16(17)21/h3-6,14-15H,7-13H2,1-2H3,(H,22,28). The van der Waals surface area contributed by atoms with Crippen LogP contribution in [0, 0.1) is 0 Å². The number of carbonyl (C=O) groups excluding carboxylic acids is 1. The van der Waals surface area contributed by atoms with Gasteiger partial charge in [0.1, 0.15) is 5.82 Å². The third-order valence-corrected chi connectivity index (χ3v) is 8.57. The zero-order valence-corrected chi connectivity index (χ0v) is 19.2. The Hall–Kier alpha value is -2.17. The monoisotopic (exact) mass is 466 g/mol. The van der Waals surface area contributed by atoms with Crippen LogP contribution in [-0.2, 0) is 23.1 Å². The predicted octanol–water partition coefficient (Wildman–Crippen LogP) is 2.90. The first-order chi connectivity index (χ1) is 14.8. The molecular weight excluding hydrogens is 440 g/mol. The number of hydrogen-bond acceptors (Lipinski definition) is 5. The molecule has 9 nitrogen and oxygen atoms in total. The molecule has 3 heterocycles. The molecule has 0 unspecified atom stereocenters. The number of sulfonamides is 1. The number of benzene rings is 1. The van der Waals surface area contributed by atoms with Crippen molar-refractivity contribution in [2.24, 2.45) is 0 Å². The molecule has 168 valence electrons. The molecule has 0 spiro atoms. The van der Waals surface area contributed by atoms with Crippen LogP contribution in [0.15, 0.2) is 24.3 Å². The number of nitrogens with one attached hydrogen (secondary N) is 1. The number of amides is 2. The summed E-state index contributed by atoms with van der Waals surface area (Å²) in [7, 11) is -3.23. The molecule has 2 aliphatic rings. The number of aromatic nitrogens is 3. The highest BCUT2D eigenvalue weighted by atomic mass is 35.5. The van der Waals surface area contributed by atoms with Crippen LogP contribution in [0.25, 0.3) is 0 Å². The van der Waals surface area contributed by atoms with Crippen molar-refractivity contribution in [3.05, 3.63) is 40.9 Å². The van der Waals surface area contributed by atoms with Gasteiger partial charge in [-0.15, -0.1) is 10.2 Å². The van der Waals surface area contributed by atoms with Gasteiger partial charge >= 0.3 is 6.03 Å². The van der Waals surface area contributed by atoms with Crippen molar-refractivity contribution in [1.29, 1.82) is 0 Å².